The maximum absolute atomic E-state index is 6.44. The van der Waals surface area contributed by atoms with Crippen LogP contribution in [0.4, 0.5) is 0 Å². The lowest BCUT2D eigenvalue weighted by atomic mass is 9.72. The Balaban J connectivity index is 2.59. The van der Waals surface area contributed by atoms with E-state index in [9.17, 15) is 0 Å². The van der Waals surface area contributed by atoms with Crippen molar-refractivity contribution >= 4 is 0 Å². The summed E-state index contributed by atoms with van der Waals surface area (Å²) in [5.41, 5.74) is 6.75. The van der Waals surface area contributed by atoms with Gasteiger partial charge in [0.15, 0.2) is 0 Å². The van der Waals surface area contributed by atoms with Crippen LogP contribution in [-0.2, 0) is 4.74 Å². The summed E-state index contributed by atoms with van der Waals surface area (Å²) in [6, 6.07) is 0.189. The molecule has 1 aliphatic rings. The molecule has 102 valence electrons. The second-order valence-corrected chi connectivity index (χ2v) is 7.18. The maximum Gasteiger partial charge on any atom is 0.0831 e. The highest BCUT2D eigenvalue weighted by atomic mass is 16.5. The third kappa shape index (κ3) is 4.26. The van der Waals surface area contributed by atoms with E-state index in [4.69, 9.17) is 10.5 Å². The molecule has 0 aromatic heterocycles. The molecule has 2 N–H and O–H groups in total. The summed E-state index contributed by atoms with van der Waals surface area (Å²) in [6.07, 6.45) is 7.11. The summed E-state index contributed by atoms with van der Waals surface area (Å²) < 4.78 is 5.85. The van der Waals surface area contributed by atoms with E-state index in [0.717, 1.165) is 25.2 Å². The van der Waals surface area contributed by atoms with Crippen molar-refractivity contribution in [1.29, 1.82) is 0 Å². The monoisotopic (exact) mass is 241 g/mol. The molecule has 2 nitrogen and oxygen atoms in total. The molecule has 3 atom stereocenters. The van der Waals surface area contributed by atoms with Crippen molar-refractivity contribution in [3.05, 3.63) is 0 Å². The Kier molecular flexibility index (Phi) is 5.03. The minimum Gasteiger partial charge on any atom is -0.377 e. The highest BCUT2D eigenvalue weighted by Gasteiger charge is 2.40. The molecule has 3 unspecified atom stereocenters. The van der Waals surface area contributed by atoms with E-state index in [1.807, 2.05) is 7.11 Å². The van der Waals surface area contributed by atoms with E-state index in [-0.39, 0.29) is 11.6 Å². The van der Waals surface area contributed by atoms with E-state index in [1.165, 1.54) is 19.3 Å². The standard InChI is InChI=1S/C15H31NO/c1-12-7-6-9-15(11-12,17-5)13(16)8-10-14(2,3)4/h12-13H,6-11,16H2,1-5H3. The third-order valence-electron chi connectivity index (χ3n) is 4.28. The van der Waals surface area contributed by atoms with Gasteiger partial charge in [-0.2, -0.15) is 0 Å². The highest BCUT2D eigenvalue weighted by molar-refractivity contribution is 4.95. The van der Waals surface area contributed by atoms with Gasteiger partial charge in [-0.05, 0) is 37.0 Å². The van der Waals surface area contributed by atoms with Crippen molar-refractivity contribution < 1.29 is 4.74 Å². The molecule has 0 aromatic carbocycles. The summed E-state index contributed by atoms with van der Waals surface area (Å²) in [5.74, 6) is 0.754. The number of rotatable bonds is 4. The van der Waals surface area contributed by atoms with Crippen molar-refractivity contribution in [3.8, 4) is 0 Å². The van der Waals surface area contributed by atoms with Crippen LogP contribution in [0, 0.1) is 11.3 Å². The van der Waals surface area contributed by atoms with Gasteiger partial charge in [-0.3, -0.25) is 0 Å². The second-order valence-electron chi connectivity index (χ2n) is 7.18. The molecule has 0 radical (unpaired) electrons. The van der Waals surface area contributed by atoms with Gasteiger partial charge >= 0.3 is 0 Å². The topological polar surface area (TPSA) is 35.2 Å². The largest absolute Gasteiger partial charge is 0.377 e. The Bertz CT molecular complexity index is 234. The summed E-state index contributed by atoms with van der Waals surface area (Å²) in [6.45, 7) is 9.16. The minimum absolute atomic E-state index is 0.0527. The Hall–Kier alpha value is -0.0800. The van der Waals surface area contributed by atoms with Crippen LogP contribution in [0.2, 0.25) is 0 Å². The zero-order valence-electron chi connectivity index (χ0n) is 12.4. The van der Waals surface area contributed by atoms with E-state index >= 15 is 0 Å². The molecular weight excluding hydrogens is 210 g/mol. The lowest BCUT2D eigenvalue weighted by Gasteiger charge is -2.43. The lowest BCUT2D eigenvalue weighted by Crippen LogP contribution is -2.52. The maximum atomic E-state index is 6.44. The summed E-state index contributed by atoms with van der Waals surface area (Å²) in [4.78, 5) is 0. The SMILES string of the molecule is COC1(C(N)CCC(C)(C)C)CCCC(C)C1. The Morgan fingerprint density at radius 1 is 1.41 bits per heavy atom. The molecule has 1 rings (SSSR count). The minimum atomic E-state index is -0.0527. The van der Waals surface area contributed by atoms with Crippen LogP contribution in [0.3, 0.4) is 0 Å². The van der Waals surface area contributed by atoms with E-state index in [1.54, 1.807) is 0 Å². The van der Waals surface area contributed by atoms with Crippen LogP contribution >= 0.6 is 0 Å². The third-order valence-corrected chi connectivity index (χ3v) is 4.28. The molecule has 1 saturated carbocycles. The molecular formula is C15H31NO. The van der Waals surface area contributed by atoms with Crippen molar-refractivity contribution in [1.82, 2.24) is 0 Å². The first-order valence-corrected chi connectivity index (χ1v) is 7.10. The number of hydrogen-bond acceptors (Lipinski definition) is 2. The summed E-state index contributed by atoms with van der Waals surface area (Å²) in [7, 11) is 1.84. The lowest BCUT2D eigenvalue weighted by molar-refractivity contribution is -0.0737. The van der Waals surface area contributed by atoms with E-state index < -0.39 is 0 Å². The van der Waals surface area contributed by atoms with E-state index in [0.29, 0.717) is 5.41 Å². The molecule has 0 heterocycles. The van der Waals surface area contributed by atoms with E-state index in [2.05, 4.69) is 27.7 Å². The Morgan fingerprint density at radius 3 is 2.53 bits per heavy atom. The predicted octanol–water partition coefficient (Wildman–Crippen LogP) is 3.74. The Labute approximate surface area is 107 Å². The number of ether oxygens (including phenoxy) is 1. The summed E-state index contributed by atoms with van der Waals surface area (Å²) in [5, 5.41) is 0. The molecule has 17 heavy (non-hydrogen) atoms. The van der Waals surface area contributed by atoms with Gasteiger partial charge in [0.2, 0.25) is 0 Å². The van der Waals surface area contributed by atoms with Gasteiger partial charge in [0.25, 0.3) is 0 Å². The molecule has 0 saturated heterocycles. The van der Waals surface area contributed by atoms with Gasteiger partial charge in [0, 0.05) is 13.2 Å². The highest BCUT2D eigenvalue weighted by Crippen LogP contribution is 2.38. The fourth-order valence-electron chi connectivity index (χ4n) is 3.07. The first kappa shape index (κ1) is 15.0. The van der Waals surface area contributed by atoms with Crippen molar-refractivity contribution in [2.45, 2.75) is 77.9 Å². The second kappa shape index (κ2) is 5.71. The number of hydrogen-bond donors (Lipinski definition) is 1. The van der Waals surface area contributed by atoms with Gasteiger partial charge in [0.1, 0.15) is 0 Å². The zero-order valence-corrected chi connectivity index (χ0v) is 12.4. The van der Waals surface area contributed by atoms with Crippen molar-refractivity contribution in [3.63, 3.8) is 0 Å². The zero-order chi connectivity index (χ0) is 13.1. The quantitative estimate of drug-likeness (QED) is 0.814. The van der Waals surface area contributed by atoms with Gasteiger partial charge in [-0.1, -0.05) is 40.5 Å². The molecule has 0 aromatic rings. The smallest absolute Gasteiger partial charge is 0.0831 e. The fraction of sp³-hybridized carbons (Fsp3) is 1.00. The predicted molar refractivity (Wildman–Crippen MR) is 74.0 cm³/mol. The Morgan fingerprint density at radius 2 is 2.06 bits per heavy atom. The molecule has 2 heteroatoms. The summed E-state index contributed by atoms with van der Waals surface area (Å²) >= 11 is 0. The van der Waals surface area contributed by atoms with Crippen molar-refractivity contribution in [2.24, 2.45) is 17.1 Å². The fourth-order valence-corrected chi connectivity index (χ4v) is 3.07. The average Bonchev–Trinajstić information content (AvgIpc) is 2.24. The molecule has 0 spiro atoms. The molecule has 0 aliphatic heterocycles. The molecule has 1 fully saturated rings. The van der Waals surface area contributed by atoms with Gasteiger partial charge in [0.05, 0.1) is 5.60 Å². The first-order chi connectivity index (χ1) is 7.79. The molecule has 1 aliphatic carbocycles. The number of methoxy groups -OCH3 is 1. The number of nitrogens with two attached hydrogens (primary N) is 1. The van der Waals surface area contributed by atoms with Crippen LogP contribution in [-0.4, -0.2) is 18.8 Å². The van der Waals surface area contributed by atoms with Crippen LogP contribution < -0.4 is 5.73 Å². The van der Waals surface area contributed by atoms with Gasteiger partial charge in [-0.25, -0.2) is 0 Å². The van der Waals surface area contributed by atoms with Crippen molar-refractivity contribution in [2.75, 3.05) is 7.11 Å². The first-order valence-electron chi connectivity index (χ1n) is 7.10. The average molecular weight is 241 g/mol. The van der Waals surface area contributed by atoms with Crippen LogP contribution in [0.15, 0.2) is 0 Å². The van der Waals surface area contributed by atoms with Gasteiger partial charge in [-0.15, -0.1) is 0 Å². The van der Waals surface area contributed by atoms with Gasteiger partial charge < -0.3 is 10.5 Å². The van der Waals surface area contributed by atoms with Crippen LogP contribution in [0.1, 0.15) is 66.2 Å². The molecule has 0 bridgehead atoms. The van der Waals surface area contributed by atoms with Crippen LogP contribution in [0.25, 0.3) is 0 Å². The normalized spacial score (nSPS) is 32.5. The molecule has 0 amide bonds. The van der Waals surface area contributed by atoms with Crippen LogP contribution in [0.5, 0.6) is 0 Å².